The minimum atomic E-state index is -1.04. The van der Waals surface area contributed by atoms with Crippen LogP contribution in [-0.4, -0.2) is 37.7 Å². The van der Waals surface area contributed by atoms with E-state index in [9.17, 15) is 9.18 Å². The van der Waals surface area contributed by atoms with E-state index in [1.807, 2.05) is 6.92 Å². The van der Waals surface area contributed by atoms with Crippen LogP contribution in [-0.2, 0) is 14.3 Å². The number of rotatable bonds is 8. The molecule has 8 nitrogen and oxygen atoms in total. The van der Waals surface area contributed by atoms with E-state index in [0.717, 1.165) is 25.7 Å². The Labute approximate surface area is 169 Å². The van der Waals surface area contributed by atoms with Crippen LogP contribution in [0.15, 0.2) is 6.33 Å². The van der Waals surface area contributed by atoms with Gasteiger partial charge in [0.25, 0.3) is 0 Å². The standard InChI is InChI=1S/C20H26FN5O3/c1-4-6-7-8-13(3)18(27)28-11-20(5-2)10-9-14(29-20)26-12-23-15-16(22)24-19(21)25-17(15)26/h2,12-14H,4,6-11H2,1,3H3,(H2,22,24,25). The summed E-state index contributed by atoms with van der Waals surface area (Å²) in [6, 6.07) is 0. The number of nitrogen functional groups attached to an aromatic ring is 1. The Bertz CT molecular complexity index is 925. The van der Waals surface area contributed by atoms with E-state index < -0.39 is 17.9 Å². The molecule has 3 rings (SSSR count). The number of halogens is 1. The van der Waals surface area contributed by atoms with Crippen molar-refractivity contribution in [2.75, 3.05) is 12.3 Å². The molecule has 2 aromatic rings. The zero-order chi connectivity index (χ0) is 21.0. The largest absolute Gasteiger partial charge is 0.461 e. The first kappa shape index (κ1) is 21.0. The van der Waals surface area contributed by atoms with Crippen molar-refractivity contribution in [3.63, 3.8) is 0 Å². The number of carbonyl (C=O) groups excluding carboxylic acids is 1. The van der Waals surface area contributed by atoms with Crippen molar-refractivity contribution in [3.05, 3.63) is 12.4 Å². The van der Waals surface area contributed by atoms with Gasteiger partial charge in [0.05, 0.1) is 12.2 Å². The summed E-state index contributed by atoms with van der Waals surface area (Å²) in [5, 5.41) is 0. The van der Waals surface area contributed by atoms with Gasteiger partial charge in [0.1, 0.15) is 12.8 Å². The number of carbonyl (C=O) groups is 1. The maximum absolute atomic E-state index is 13.6. The molecule has 9 heteroatoms. The van der Waals surface area contributed by atoms with Gasteiger partial charge in [0.15, 0.2) is 22.6 Å². The highest BCUT2D eigenvalue weighted by atomic mass is 19.1. The lowest BCUT2D eigenvalue weighted by atomic mass is 10.0. The summed E-state index contributed by atoms with van der Waals surface area (Å²) < 4.78 is 26.7. The van der Waals surface area contributed by atoms with E-state index in [1.54, 1.807) is 4.57 Å². The number of nitrogens with zero attached hydrogens (tertiary/aromatic N) is 4. The first-order valence-corrected chi connectivity index (χ1v) is 9.87. The number of anilines is 1. The second-order valence-corrected chi connectivity index (χ2v) is 7.46. The fraction of sp³-hybridized carbons (Fsp3) is 0.600. The summed E-state index contributed by atoms with van der Waals surface area (Å²) in [6.45, 7) is 3.94. The number of ether oxygens (including phenoxy) is 2. The molecule has 3 atom stereocenters. The Kier molecular flexibility index (Phi) is 6.33. The quantitative estimate of drug-likeness (QED) is 0.313. The minimum absolute atomic E-state index is 0.0327. The van der Waals surface area contributed by atoms with Gasteiger partial charge < -0.3 is 15.2 Å². The molecule has 0 saturated carbocycles. The smallest absolute Gasteiger partial charge is 0.312 e. The van der Waals surface area contributed by atoms with Crippen molar-refractivity contribution in [2.45, 2.75) is 64.2 Å². The Morgan fingerprint density at radius 2 is 2.34 bits per heavy atom. The third-order valence-electron chi connectivity index (χ3n) is 5.24. The lowest BCUT2D eigenvalue weighted by Crippen LogP contribution is -2.35. The fourth-order valence-corrected chi connectivity index (χ4v) is 3.45. The van der Waals surface area contributed by atoms with Crippen LogP contribution >= 0.6 is 0 Å². The van der Waals surface area contributed by atoms with E-state index in [-0.39, 0.29) is 30.0 Å². The lowest BCUT2D eigenvalue weighted by Gasteiger charge is -2.24. The third kappa shape index (κ3) is 4.48. The average Bonchev–Trinajstić information content (AvgIpc) is 3.31. The topological polar surface area (TPSA) is 105 Å². The average molecular weight is 403 g/mol. The predicted octanol–water partition coefficient (Wildman–Crippen LogP) is 2.99. The van der Waals surface area contributed by atoms with E-state index in [1.165, 1.54) is 6.33 Å². The van der Waals surface area contributed by atoms with Gasteiger partial charge in [-0.3, -0.25) is 9.36 Å². The summed E-state index contributed by atoms with van der Waals surface area (Å²) in [4.78, 5) is 23.7. The van der Waals surface area contributed by atoms with Crippen LogP contribution < -0.4 is 5.73 Å². The highest BCUT2D eigenvalue weighted by Crippen LogP contribution is 2.38. The molecule has 1 fully saturated rings. The molecule has 3 heterocycles. The number of imidazole rings is 1. The van der Waals surface area contributed by atoms with Gasteiger partial charge in [-0.05, 0) is 19.3 Å². The van der Waals surface area contributed by atoms with Crippen LogP contribution in [0.25, 0.3) is 11.2 Å². The highest BCUT2D eigenvalue weighted by molar-refractivity contribution is 5.81. The summed E-state index contributed by atoms with van der Waals surface area (Å²) in [5.74, 6) is 2.11. The summed E-state index contributed by atoms with van der Waals surface area (Å²) in [6.07, 6.45) is 10.7. The predicted molar refractivity (Wildman–Crippen MR) is 105 cm³/mol. The number of aromatic nitrogens is 4. The molecule has 1 saturated heterocycles. The minimum Gasteiger partial charge on any atom is -0.461 e. The molecule has 1 aliphatic rings. The van der Waals surface area contributed by atoms with Crippen molar-refractivity contribution in [1.29, 1.82) is 0 Å². The maximum atomic E-state index is 13.6. The molecular weight excluding hydrogens is 377 g/mol. The fourth-order valence-electron chi connectivity index (χ4n) is 3.45. The molecule has 0 bridgehead atoms. The monoisotopic (exact) mass is 403 g/mol. The zero-order valence-electron chi connectivity index (χ0n) is 16.7. The SMILES string of the molecule is C#CC1(COC(=O)C(C)CCCCC)CCC(n2cnc3c(N)nc(F)nc32)O1. The molecule has 29 heavy (non-hydrogen) atoms. The van der Waals surface area contributed by atoms with Crippen LogP contribution in [0.1, 0.15) is 58.6 Å². The van der Waals surface area contributed by atoms with Gasteiger partial charge in [0, 0.05) is 0 Å². The Morgan fingerprint density at radius 3 is 3.07 bits per heavy atom. The van der Waals surface area contributed by atoms with Crippen molar-refractivity contribution >= 4 is 23.0 Å². The molecule has 2 aromatic heterocycles. The molecule has 0 spiro atoms. The van der Waals surface area contributed by atoms with E-state index in [0.29, 0.717) is 18.4 Å². The maximum Gasteiger partial charge on any atom is 0.312 e. The van der Waals surface area contributed by atoms with Crippen LogP contribution in [0.4, 0.5) is 10.2 Å². The van der Waals surface area contributed by atoms with Gasteiger partial charge in [-0.1, -0.05) is 39.0 Å². The first-order chi connectivity index (χ1) is 13.9. The van der Waals surface area contributed by atoms with Gasteiger partial charge >= 0.3 is 12.0 Å². The summed E-state index contributed by atoms with van der Waals surface area (Å²) in [7, 11) is 0. The second-order valence-electron chi connectivity index (χ2n) is 7.46. The second kappa shape index (κ2) is 8.74. The Balaban J connectivity index is 1.66. The van der Waals surface area contributed by atoms with Crippen molar-refractivity contribution in [3.8, 4) is 12.3 Å². The molecule has 2 N–H and O–H groups in total. The van der Waals surface area contributed by atoms with Crippen LogP contribution in [0.2, 0.25) is 0 Å². The van der Waals surface area contributed by atoms with Crippen LogP contribution in [0, 0.1) is 24.3 Å². The van der Waals surface area contributed by atoms with E-state index in [4.69, 9.17) is 21.6 Å². The first-order valence-electron chi connectivity index (χ1n) is 9.87. The van der Waals surface area contributed by atoms with Gasteiger partial charge in [-0.15, -0.1) is 6.42 Å². The van der Waals surface area contributed by atoms with Gasteiger partial charge in [-0.2, -0.15) is 14.4 Å². The number of terminal acetylenes is 1. The normalized spacial score (nSPS) is 22.5. The molecule has 3 unspecified atom stereocenters. The van der Waals surface area contributed by atoms with Crippen molar-refractivity contribution in [1.82, 2.24) is 19.5 Å². The number of hydrogen-bond acceptors (Lipinski definition) is 7. The van der Waals surface area contributed by atoms with Gasteiger partial charge in [-0.25, -0.2) is 4.98 Å². The van der Waals surface area contributed by atoms with Crippen molar-refractivity contribution in [2.24, 2.45) is 5.92 Å². The molecule has 0 aromatic carbocycles. The summed E-state index contributed by atoms with van der Waals surface area (Å²) >= 11 is 0. The number of unbranched alkanes of at least 4 members (excludes halogenated alkanes) is 2. The summed E-state index contributed by atoms with van der Waals surface area (Å²) in [5.41, 5.74) is 5.18. The zero-order valence-corrected chi connectivity index (χ0v) is 16.7. The molecular formula is C20H26FN5O3. The van der Waals surface area contributed by atoms with Crippen molar-refractivity contribution < 1.29 is 18.7 Å². The Hall–Kier alpha value is -2.73. The Morgan fingerprint density at radius 1 is 1.55 bits per heavy atom. The molecule has 0 radical (unpaired) electrons. The number of nitrogens with two attached hydrogens (primary N) is 1. The van der Waals surface area contributed by atoms with E-state index >= 15 is 0 Å². The number of fused-ring (bicyclic) bond motifs is 1. The van der Waals surface area contributed by atoms with Crippen LogP contribution in [0.3, 0.4) is 0 Å². The number of esters is 1. The highest BCUT2D eigenvalue weighted by Gasteiger charge is 2.41. The lowest BCUT2D eigenvalue weighted by molar-refractivity contribution is -0.156. The van der Waals surface area contributed by atoms with E-state index in [2.05, 4.69) is 27.8 Å². The van der Waals surface area contributed by atoms with Gasteiger partial charge in [0.2, 0.25) is 0 Å². The molecule has 0 amide bonds. The number of hydrogen-bond donors (Lipinski definition) is 1. The molecule has 156 valence electrons. The molecule has 1 aliphatic heterocycles. The molecule has 0 aliphatic carbocycles. The van der Waals surface area contributed by atoms with Crippen LogP contribution in [0.5, 0.6) is 0 Å². The third-order valence-corrected chi connectivity index (χ3v) is 5.24.